The number of nitrogens with zero attached hydrogens (tertiary/aromatic N) is 3. The van der Waals surface area contributed by atoms with Crippen molar-refractivity contribution in [2.24, 2.45) is 0 Å². The van der Waals surface area contributed by atoms with Gasteiger partial charge in [0.25, 0.3) is 11.7 Å². The van der Waals surface area contributed by atoms with Crippen molar-refractivity contribution in [2.45, 2.75) is 13.0 Å². The minimum absolute atomic E-state index is 0.321. The molecule has 1 amide bonds. The molecular weight excluding hydrogens is 278 g/mol. The zero-order valence-electron chi connectivity index (χ0n) is 10.6. The molecule has 2 heterocycles. The Kier molecular flexibility index (Phi) is 3.28. The smallest absolute Gasteiger partial charge is 0.299 e. The summed E-state index contributed by atoms with van der Waals surface area (Å²) >= 11 is 6.00. The number of carbonyl (C=O) groups excluding carboxylic acids is 2. The summed E-state index contributed by atoms with van der Waals surface area (Å²) < 4.78 is 1.93. The number of hydrogen-bond acceptors (Lipinski definition) is 3. The number of hydrogen-bond donors (Lipinski definition) is 0. The van der Waals surface area contributed by atoms with E-state index in [0.717, 1.165) is 13.0 Å². The highest BCUT2D eigenvalue weighted by atomic mass is 35.5. The molecule has 2 aromatic rings. The van der Waals surface area contributed by atoms with Gasteiger partial charge in [-0.15, -0.1) is 0 Å². The number of ketones is 1. The normalized spacial score (nSPS) is 13.9. The van der Waals surface area contributed by atoms with Gasteiger partial charge >= 0.3 is 0 Å². The number of benzene rings is 1. The first-order valence-corrected chi connectivity index (χ1v) is 6.67. The third-order valence-corrected chi connectivity index (χ3v) is 3.62. The standard InChI is InChI=1S/C14H12ClN3O2/c15-10-3-1-4-11-12(10)13(19)14(20)18(11)7-2-6-17-8-5-16-9-17/h1,3-5,8-9H,2,6-7H2. The zero-order chi connectivity index (χ0) is 14.1. The Balaban J connectivity index is 1.76. The highest BCUT2D eigenvalue weighted by molar-refractivity contribution is 6.55. The fraction of sp³-hybridized carbons (Fsp3) is 0.214. The quantitative estimate of drug-likeness (QED) is 0.811. The van der Waals surface area contributed by atoms with Gasteiger partial charge in [0.05, 0.1) is 22.6 Å². The average molecular weight is 290 g/mol. The largest absolute Gasteiger partial charge is 0.337 e. The third kappa shape index (κ3) is 2.10. The molecule has 3 rings (SSSR count). The molecule has 0 atom stereocenters. The molecule has 6 heteroatoms. The number of halogens is 1. The van der Waals surface area contributed by atoms with Crippen LogP contribution in [0.2, 0.25) is 5.02 Å². The molecule has 1 aliphatic heterocycles. The van der Waals surface area contributed by atoms with Crippen LogP contribution in [0.15, 0.2) is 36.9 Å². The Morgan fingerprint density at radius 3 is 2.80 bits per heavy atom. The van der Waals surface area contributed by atoms with Crippen LogP contribution in [0.4, 0.5) is 5.69 Å². The molecule has 0 aliphatic carbocycles. The van der Waals surface area contributed by atoms with Gasteiger partial charge < -0.3 is 9.47 Å². The summed E-state index contributed by atoms with van der Waals surface area (Å²) in [5.41, 5.74) is 0.930. The topological polar surface area (TPSA) is 55.2 Å². The zero-order valence-corrected chi connectivity index (χ0v) is 11.4. The number of anilines is 1. The molecular formula is C14H12ClN3O2. The van der Waals surface area contributed by atoms with Crippen molar-refractivity contribution in [1.82, 2.24) is 9.55 Å². The molecule has 0 saturated carbocycles. The van der Waals surface area contributed by atoms with Gasteiger partial charge in [0.15, 0.2) is 0 Å². The van der Waals surface area contributed by atoms with Crippen molar-refractivity contribution in [3.8, 4) is 0 Å². The van der Waals surface area contributed by atoms with E-state index in [1.54, 1.807) is 30.7 Å². The highest BCUT2D eigenvalue weighted by Gasteiger charge is 2.36. The molecule has 1 aromatic carbocycles. The van der Waals surface area contributed by atoms with Crippen LogP contribution in [0.5, 0.6) is 0 Å². The number of fused-ring (bicyclic) bond motifs is 1. The first-order valence-electron chi connectivity index (χ1n) is 6.29. The predicted octanol–water partition coefficient (Wildman–Crippen LogP) is 2.16. The van der Waals surface area contributed by atoms with Crippen LogP contribution in [-0.4, -0.2) is 27.8 Å². The fourth-order valence-electron chi connectivity index (χ4n) is 2.35. The summed E-state index contributed by atoms with van der Waals surface area (Å²) in [5.74, 6) is -1.02. The van der Waals surface area contributed by atoms with Gasteiger partial charge in [0.1, 0.15) is 0 Å². The maximum atomic E-state index is 12.0. The molecule has 1 aliphatic rings. The van der Waals surface area contributed by atoms with Crippen LogP contribution in [0.25, 0.3) is 0 Å². The van der Waals surface area contributed by atoms with Crippen LogP contribution >= 0.6 is 11.6 Å². The van der Waals surface area contributed by atoms with Crippen LogP contribution in [0.1, 0.15) is 16.8 Å². The molecule has 0 N–H and O–H groups in total. The molecule has 0 bridgehead atoms. The Hall–Kier alpha value is -2.14. The van der Waals surface area contributed by atoms with E-state index in [9.17, 15) is 9.59 Å². The van der Waals surface area contributed by atoms with Gasteiger partial charge in [-0.1, -0.05) is 17.7 Å². The van der Waals surface area contributed by atoms with E-state index >= 15 is 0 Å². The SMILES string of the molecule is O=C1C(=O)N(CCCn2ccnc2)c2cccc(Cl)c21. The van der Waals surface area contributed by atoms with Crippen molar-refractivity contribution in [2.75, 3.05) is 11.4 Å². The molecule has 20 heavy (non-hydrogen) atoms. The number of imidazole rings is 1. The Morgan fingerprint density at radius 2 is 2.05 bits per heavy atom. The number of aryl methyl sites for hydroxylation is 1. The lowest BCUT2D eigenvalue weighted by Crippen LogP contribution is -2.31. The summed E-state index contributed by atoms with van der Waals surface area (Å²) in [7, 11) is 0. The molecule has 0 saturated heterocycles. The van der Waals surface area contributed by atoms with E-state index in [0.29, 0.717) is 22.8 Å². The van der Waals surface area contributed by atoms with Crippen molar-refractivity contribution >= 4 is 29.0 Å². The Labute approximate surface area is 120 Å². The average Bonchev–Trinajstić information content (AvgIpc) is 3.02. The van der Waals surface area contributed by atoms with E-state index in [1.165, 1.54) is 4.90 Å². The molecule has 0 radical (unpaired) electrons. The second-order valence-corrected chi connectivity index (χ2v) is 4.98. The van der Waals surface area contributed by atoms with Gasteiger partial charge in [-0.3, -0.25) is 9.59 Å². The molecule has 1 aromatic heterocycles. The highest BCUT2D eigenvalue weighted by Crippen LogP contribution is 2.34. The molecule has 0 unspecified atom stereocenters. The minimum atomic E-state index is -0.520. The molecule has 0 spiro atoms. The number of aromatic nitrogens is 2. The number of Topliss-reactive ketones (excluding diaryl/α,β-unsaturated/α-hetero) is 1. The van der Waals surface area contributed by atoms with E-state index < -0.39 is 11.7 Å². The first-order chi connectivity index (χ1) is 9.68. The van der Waals surface area contributed by atoms with Gasteiger partial charge in [-0.2, -0.15) is 0 Å². The van der Waals surface area contributed by atoms with Crippen molar-refractivity contribution < 1.29 is 9.59 Å². The van der Waals surface area contributed by atoms with Crippen molar-refractivity contribution in [3.63, 3.8) is 0 Å². The minimum Gasteiger partial charge on any atom is -0.337 e. The maximum absolute atomic E-state index is 12.0. The van der Waals surface area contributed by atoms with Gasteiger partial charge in [-0.05, 0) is 18.6 Å². The number of rotatable bonds is 4. The fourth-order valence-corrected chi connectivity index (χ4v) is 2.61. The summed E-state index contributed by atoms with van der Waals surface area (Å²) in [5, 5.41) is 0.331. The van der Waals surface area contributed by atoms with Gasteiger partial charge in [0, 0.05) is 25.5 Å². The third-order valence-electron chi connectivity index (χ3n) is 3.31. The van der Waals surface area contributed by atoms with Crippen molar-refractivity contribution in [1.29, 1.82) is 0 Å². The Bertz CT molecular complexity index is 667. The summed E-state index contributed by atoms with van der Waals surface area (Å²) in [6.45, 7) is 1.23. The summed E-state index contributed by atoms with van der Waals surface area (Å²) in [6.07, 6.45) is 6.03. The van der Waals surface area contributed by atoms with Gasteiger partial charge in [0.2, 0.25) is 0 Å². The van der Waals surface area contributed by atoms with Crippen LogP contribution in [0, 0.1) is 0 Å². The lowest BCUT2D eigenvalue weighted by molar-refractivity contribution is -0.114. The van der Waals surface area contributed by atoms with E-state index in [-0.39, 0.29) is 0 Å². The van der Waals surface area contributed by atoms with E-state index in [4.69, 9.17) is 11.6 Å². The number of carbonyl (C=O) groups is 2. The first kappa shape index (κ1) is 12.9. The Morgan fingerprint density at radius 1 is 1.20 bits per heavy atom. The summed E-state index contributed by atoms with van der Waals surface area (Å²) in [4.78, 5) is 29.4. The van der Waals surface area contributed by atoms with Crippen molar-refractivity contribution in [3.05, 3.63) is 47.5 Å². The molecule has 0 fully saturated rings. The van der Waals surface area contributed by atoms with Crippen LogP contribution in [0.3, 0.4) is 0 Å². The van der Waals surface area contributed by atoms with Gasteiger partial charge in [-0.25, -0.2) is 4.98 Å². The van der Waals surface area contributed by atoms with E-state index in [1.807, 2.05) is 10.8 Å². The molecule has 5 nitrogen and oxygen atoms in total. The monoisotopic (exact) mass is 289 g/mol. The second-order valence-electron chi connectivity index (χ2n) is 4.57. The summed E-state index contributed by atoms with van der Waals surface area (Å²) in [6, 6.07) is 5.12. The maximum Gasteiger partial charge on any atom is 0.299 e. The molecule has 102 valence electrons. The lowest BCUT2D eigenvalue weighted by Gasteiger charge is -2.16. The second kappa shape index (κ2) is 5.09. The van der Waals surface area contributed by atoms with E-state index in [2.05, 4.69) is 4.98 Å². The lowest BCUT2D eigenvalue weighted by atomic mass is 10.1. The number of amides is 1. The van der Waals surface area contributed by atoms with Crippen LogP contribution < -0.4 is 4.90 Å². The predicted molar refractivity (Wildman–Crippen MR) is 75.0 cm³/mol. The van der Waals surface area contributed by atoms with Crippen LogP contribution in [-0.2, 0) is 11.3 Å².